The van der Waals surface area contributed by atoms with Crippen LogP contribution in [-0.2, 0) is 25.7 Å². The van der Waals surface area contributed by atoms with Crippen molar-refractivity contribution in [3.63, 3.8) is 0 Å². The summed E-state index contributed by atoms with van der Waals surface area (Å²) in [5, 5.41) is 37.6. The molecule has 3 aromatic rings. The van der Waals surface area contributed by atoms with Crippen LogP contribution in [0.25, 0.3) is 20.2 Å². The molecule has 204 valence electrons. The Morgan fingerprint density at radius 3 is 1.76 bits per heavy atom. The van der Waals surface area contributed by atoms with Crippen molar-refractivity contribution in [2.75, 3.05) is 26.2 Å². The van der Waals surface area contributed by atoms with Crippen molar-refractivity contribution in [3.8, 4) is 0 Å². The minimum absolute atomic E-state index is 0.558. The Morgan fingerprint density at radius 1 is 0.763 bits per heavy atom. The average Bonchev–Trinajstić information content (AvgIpc) is 3.27. The zero-order valence-electron chi connectivity index (χ0n) is 21.2. The summed E-state index contributed by atoms with van der Waals surface area (Å²) >= 11 is 1.91. The number of nitrogens with one attached hydrogen (secondary N) is 1. The molecule has 0 spiro atoms. The molecule has 0 aliphatic rings. The van der Waals surface area contributed by atoms with Gasteiger partial charge in [0.2, 0.25) is 0 Å². The molecule has 0 fully saturated rings. The number of rotatable bonds is 11. The second-order valence-corrected chi connectivity index (χ2v) is 8.67. The highest BCUT2D eigenvalue weighted by atomic mass is 32.1. The van der Waals surface area contributed by atoms with Gasteiger partial charge in [-0.05, 0) is 24.7 Å². The molecule has 1 heterocycles. The lowest BCUT2D eigenvalue weighted by Crippen LogP contribution is -2.31. The third-order valence-electron chi connectivity index (χ3n) is 5.04. The van der Waals surface area contributed by atoms with E-state index in [2.05, 4.69) is 66.5 Å². The van der Waals surface area contributed by atoms with E-state index in [-0.39, 0.29) is 0 Å². The van der Waals surface area contributed by atoms with Crippen molar-refractivity contribution >= 4 is 55.4 Å². The van der Waals surface area contributed by atoms with Crippen molar-refractivity contribution in [1.82, 2.24) is 10.2 Å². The van der Waals surface area contributed by atoms with Crippen LogP contribution in [0.5, 0.6) is 0 Å². The Hall–Kier alpha value is -4.06. The van der Waals surface area contributed by atoms with Crippen molar-refractivity contribution < 1.29 is 39.6 Å². The molecular weight excluding hydrogens is 512 g/mol. The summed E-state index contributed by atoms with van der Waals surface area (Å²) in [5.41, 5.74) is 1.42. The van der Waals surface area contributed by atoms with Crippen LogP contribution < -0.4 is 5.32 Å². The minimum Gasteiger partial charge on any atom is -0.478 e. The maximum Gasteiger partial charge on any atom is 0.328 e. The smallest absolute Gasteiger partial charge is 0.328 e. The quantitative estimate of drug-likeness (QED) is 0.177. The van der Waals surface area contributed by atoms with Gasteiger partial charge < -0.3 is 30.6 Å². The first-order chi connectivity index (χ1) is 18.1. The number of hydrogen-bond donors (Lipinski definition) is 5. The third kappa shape index (κ3) is 12.3. The first-order valence-corrected chi connectivity index (χ1v) is 12.5. The lowest BCUT2D eigenvalue weighted by atomic mass is 10.1. The van der Waals surface area contributed by atoms with E-state index in [4.69, 9.17) is 20.4 Å². The number of nitrogens with zero attached hydrogens (tertiary/aromatic N) is 1. The molecule has 0 bridgehead atoms. The minimum atomic E-state index is -1.26. The molecule has 3 rings (SSSR count). The van der Waals surface area contributed by atoms with E-state index in [0.29, 0.717) is 24.3 Å². The van der Waals surface area contributed by atoms with Crippen molar-refractivity contribution in [2.24, 2.45) is 0 Å². The van der Waals surface area contributed by atoms with Crippen molar-refractivity contribution in [2.45, 2.75) is 20.4 Å². The Bertz CT molecular complexity index is 1210. The van der Waals surface area contributed by atoms with Gasteiger partial charge in [0.05, 0.1) is 0 Å². The van der Waals surface area contributed by atoms with Gasteiger partial charge in [-0.2, -0.15) is 0 Å². The Labute approximate surface area is 224 Å². The summed E-state index contributed by atoms with van der Waals surface area (Å²) in [4.78, 5) is 40.7. The first kappa shape index (κ1) is 32.0. The molecule has 10 nitrogen and oxygen atoms in total. The van der Waals surface area contributed by atoms with Gasteiger partial charge in [-0.3, -0.25) is 0 Å². The van der Waals surface area contributed by atoms with E-state index < -0.39 is 23.9 Å². The van der Waals surface area contributed by atoms with E-state index >= 15 is 0 Å². The van der Waals surface area contributed by atoms with Crippen LogP contribution in [0, 0.1) is 0 Å². The number of aliphatic carboxylic acids is 4. The van der Waals surface area contributed by atoms with Crippen LogP contribution in [0.4, 0.5) is 0 Å². The molecule has 0 aliphatic heterocycles. The van der Waals surface area contributed by atoms with Crippen LogP contribution >= 0.6 is 11.3 Å². The SMILES string of the molecule is CCN(CC)CCNCc1cccc2c1sc1ccccc12.O=C(O)/C=C\C(=O)O.O=C(O)/C=C\C(=O)O. The monoisotopic (exact) mass is 544 g/mol. The fourth-order valence-electron chi connectivity index (χ4n) is 3.23. The lowest BCUT2D eigenvalue weighted by molar-refractivity contribution is -0.134. The van der Waals surface area contributed by atoms with Crippen LogP contribution in [0.3, 0.4) is 0 Å². The summed E-state index contributed by atoms with van der Waals surface area (Å²) in [6.45, 7) is 9.82. The molecule has 0 radical (unpaired) electrons. The van der Waals surface area contributed by atoms with Crippen LogP contribution in [0.1, 0.15) is 19.4 Å². The number of carboxylic acid groups (broad SMARTS) is 4. The summed E-state index contributed by atoms with van der Waals surface area (Å²) in [6, 6.07) is 15.4. The van der Waals surface area contributed by atoms with E-state index in [1.54, 1.807) is 0 Å². The Morgan fingerprint density at radius 2 is 1.26 bits per heavy atom. The molecular formula is C27H32N2O8S. The molecule has 0 saturated heterocycles. The summed E-state index contributed by atoms with van der Waals surface area (Å²) in [5.74, 6) is -5.03. The number of carboxylic acids is 4. The molecule has 2 aromatic carbocycles. The van der Waals surface area contributed by atoms with Gasteiger partial charge in [-0.25, -0.2) is 19.2 Å². The lowest BCUT2D eigenvalue weighted by Gasteiger charge is -2.18. The van der Waals surface area contributed by atoms with Crippen LogP contribution in [-0.4, -0.2) is 75.4 Å². The van der Waals surface area contributed by atoms with Gasteiger partial charge in [-0.15, -0.1) is 11.3 Å². The van der Waals surface area contributed by atoms with Gasteiger partial charge in [0.25, 0.3) is 0 Å². The zero-order chi connectivity index (χ0) is 28.5. The number of likely N-dealkylation sites (N-methyl/N-ethyl adjacent to an activating group) is 1. The number of hydrogen-bond acceptors (Lipinski definition) is 7. The maximum atomic E-state index is 9.55. The van der Waals surface area contributed by atoms with E-state index in [1.807, 2.05) is 11.3 Å². The molecule has 0 saturated carbocycles. The van der Waals surface area contributed by atoms with E-state index in [9.17, 15) is 19.2 Å². The third-order valence-corrected chi connectivity index (χ3v) is 6.30. The molecule has 38 heavy (non-hydrogen) atoms. The second-order valence-electron chi connectivity index (χ2n) is 7.62. The molecule has 0 atom stereocenters. The van der Waals surface area contributed by atoms with Gasteiger partial charge >= 0.3 is 23.9 Å². The van der Waals surface area contributed by atoms with Gasteiger partial charge in [0, 0.05) is 64.1 Å². The fraction of sp³-hybridized carbons (Fsp3) is 0.259. The van der Waals surface area contributed by atoms with Gasteiger partial charge in [0.15, 0.2) is 0 Å². The largest absolute Gasteiger partial charge is 0.478 e. The van der Waals surface area contributed by atoms with Gasteiger partial charge in [-0.1, -0.05) is 50.2 Å². The highest BCUT2D eigenvalue weighted by Gasteiger charge is 2.08. The van der Waals surface area contributed by atoms with Crippen molar-refractivity contribution in [3.05, 3.63) is 72.3 Å². The molecule has 0 amide bonds. The predicted molar refractivity (Wildman–Crippen MR) is 148 cm³/mol. The second kappa shape index (κ2) is 17.4. The molecule has 0 unspecified atom stereocenters. The maximum absolute atomic E-state index is 9.55. The highest BCUT2D eigenvalue weighted by Crippen LogP contribution is 2.35. The summed E-state index contributed by atoms with van der Waals surface area (Å²) in [7, 11) is 0. The fourth-order valence-corrected chi connectivity index (χ4v) is 4.44. The van der Waals surface area contributed by atoms with E-state index in [0.717, 1.165) is 32.7 Å². The Kier molecular flexibility index (Phi) is 14.6. The van der Waals surface area contributed by atoms with Crippen LogP contribution in [0.2, 0.25) is 0 Å². The number of thiophene rings is 1. The van der Waals surface area contributed by atoms with Crippen molar-refractivity contribution in [1.29, 1.82) is 0 Å². The highest BCUT2D eigenvalue weighted by molar-refractivity contribution is 7.26. The number of carbonyl (C=O) groups is 4. The molecule has 11 heteroatoms. The Balaban J connectivity index is 0.000000374. The number of benzene rings is 2. The predicted octanol–water partition coefficient (Wildman–Crippen LogP) is 3.91. The van der Waals surface area contributed by atoms with E-state index in [1.165, 1.54) is 25.7 Å². The topological polar surface area (TPSA) is 164 Å². The normalized spacial score (nSPS) is 10.8. The standard InChI is InChI=1S/C19H24N2S.2C4H4O4/c1-3-21(4-2)13-12-20-14-15-8-7-10-17-16-9-5-6-11-18(16)22-19(15)17;2*5-3(6)1-2-4(7)8/h5-11,20H,3-4,12-14H2,1-2H3;2*1-2H,(H,5,6)(H,7,8)/b;2*2-1-. The van der Waals surface area contributed by atoms with Crippen LogP contribution in [0.15, 0.2) is 66.8 Å². The zero-order valence-corrected chi connectivity index (χ0v) is 22.0. The molecule has 5 N–H and O–H groups in total. The number of fused-ring (bicyclic) bond motifs is 3. The molecule has 0 aliphatic carbocycles. The molecule has 1 aromatic heterocycles. The average molecular weight is 545 g/mol. The summed E-state index contributed by atoms with van der Waals surface area (Å²) < 4.78 is 2.81. The first-order valence-electron chi connectivity index (χ1n) is 11.7. The summed E-state index contributed by atoms with van der Waals surface area (Å²) in [6.07, 6.45) is 2.23. The van der Waals surface area contributed by atoms with Gasteiger partial charge in [0.1, 0.15) is 0 Å².